The molecule has 0 saturated carbocycles. The highest BCUT2D eigenvalue weighted by Gasteiger charge is 2.46. The number of sulfonamides is 1. The van der Waals surface area contributed by atoms with Gasteiger partial charge in [-0.05, 0) is 12.1 Å². The largest absolute Gasteiger partial charge is 0.586 e. The Morgan fingerprint density at radius 2 is 2.00 bits per heavy atom. The third-order valence-corrected chi connectivity index (χ3v) is 3.02. The van der Waals surface area contributed by atoms with Crippen LogP contribution in [0.1, 0.15) is 0 Å². The number of ether oxygens (including phenoxy) is 2. The summed E-state index contributed by atoms with van der Waals surface area (Å²) in [5.41, 5.74) is 0. The molecule has 0 amide bonds. The minimum absolute atomic E-state index is 0.447. The third kappa shape index (κ3) is 1.97. The molecule has 90 valence electrons. The van der Waals surface area contributed by atoms with Crippen LogP contribution < -0.4 is 9.47 Å². The molecule has 0 spiro atoms. The van der Waals surface area contributed by atoms with E-state index in [-0.39, 0.29) is 0 Å². The highest BCUT2D eigenvalue weighted by atomic mass is 32.2. The molecule has 6 nitrogen and oxygen atoms in total. The number of hydrogen-bond donors (Lipinski definition) is 0. The van der Waals surface area contributed by atoms with Crippen LogP contribution in [0.2, 0.25) is 0 Å². The van der Waals surface area contributed by atoms with E-state index in [1.165, 1.54) is 0 Å². The smallest absolute Gasteiger partial charge is 0.395 e. The van der Waals surface area contributed by atoms with E-state index >= 15 is 0 Å². The van der Waals surface area contributed by atoms with Crippen LogP contribution in [0.15, 0.2) is 27.5 Å². The zero-order chi connectivity index (χ0) is 12.7. The van der Waals surface area contributed by atoms with Gasteiger partial charge in [0.05, 0.1) is 0 Å². The maximum absolute atomic E-state index is 12.7. The standard InChI is InChI=1S/C8H3F2NO5S/c9-8(10)15-5-2-1-3-6(7(5)16-8)17(13,14)11-4-12/h1-3H. The van der Waals surface area contributed by atoms with E-state index in [2.05, 4.69) is 13.9 Å². The molecule has 0 fully saturated rings. The van der Waals surface area contributed by atoms with E-state index in [4.69, 9.17) is 0 Å². The first-order valence-corrected chi connectivity index (χ1v) is 5.53. The zero-order valence-electron chi connectivity index (χ0n) is 7.88. The Morgan fingerprint density at radius 1 is 1.29 bits per heavy atom. The summed E-state index contributed by atoms with van der Waals surface area (Å²) in [6.45, 7) is 0. The molecule has 1 aliphatic rings. The van der Waals surface area contributed by atoms with Crippen LogP contribution in [0, 0.1) is 0 Å². The first kappa shape index (κ1) is 11.5. The summed E-state index contributed by atoms with van der Waals surface area (Å²) < 4.78 is 58.9. The molecule has 2 rings (SSSR count). The fourth-order valence-corrected chi connectivity index (χ4v) is 2.07. The van der Waals surface area contributed by atoms with Crippen molar-refractivity contribution in [3.63, 3.8) is 0 Å². The van der Waals surface area contributed by atoms with Crippen LogP contribution in [0.5, 0.6) is 11.5 Å². The number of isocyanates is 1. The van der Waals surface area contributed by atoms with Gasteiger partial charge in [-0.25, -0.2) is 4.79 Å². The molecular weight excluding hydrogens is 260 g/mol. The van der Waals surface area contributed by atoms with Crippen molar-refractivity contribution in [2.24, 2.45) is 4.40 Å². The first-order chi connectivity index (χ1) is 7.86. The summed E-state index contributed by atoms with van der Waals surface area (Å²) in [5.74, 6) is -1.13. The van der Waals surface area contributed by atoms with Crippen LogP contribution in [-0.4, -0.2) is 20.8 Å². The average Bonchev–Trinajstić information content (AvgIpc) is 2.50. The van der Waals surface area contributed by atoms with Crippen LogP contribution in [0.4, 0.5) is 8.78 Å². The third-order valence-electron chi connectivity index (χ3n) is 1.83. The maximum Gasteiger partial charge on any atom is 0.586 e. The number of fused-ring (bicyclic) bond motifs is 1. The van der Waals surface area contributed by atoms with E-state index in [9.17, 15) is 22.0 Å². The van der Waals surface area contributed by atoms with Crippen molar-refractivity contribution in [1.29, 1.82) is 0 Å². The van der Waals surface area contributed by atoms with Crippen LogP contribution in [-0.2, 0) is 14.8 Å². The summed E-state index contributed by atoms with van der Waals surface area (Å²) in [7, 11) is -4.42. The lowest BCUT2D eigenvalue weighted by Crippen LogP contribution is -2.26. The second-order valence-corrected chi connectivity index (χ2v) is 4.48. The number of hydrogen-bond acceptors (Lipinski definition) is 5. The van der Waals surface area contributed by atoms with E-state index < -0.39 is 32.7 Å². The van der Waals surface area contributed by atoms with Gasteiger partial charge in [-0.1, -0.05) is 10.5 Å². The topological polar surface area (TPSA) is 82.0 Å². The predicted octanol–water partition coefficient (Wildman–Crippen LogP) is 1.03. The van der Waals surface area contributed by atoms with Gasteiger partial charge in [-0.15, -0.1) is 8.78 Å². The quantitative estimate of drug-likeness (QED) is 0.588. The number of carbonyl (C=O) groups excluding carboxylic acids is 1. The molecular formula is C8H3F2NO5S. The van der Waals surface area contributed by atoms with Crippen molar-refractivity contribution in [2.75, 3.05) is 0 Å². The molecule has 1 aromatic carbocycles. The highest BCUT2D eigenvalue weighted by Crippen LogP contribution is 2.45. The fraction of sp³-hybridized carbons (Fsp3) is 0.125. The molecule has 1 heterocycles. The van der Waals surface area contributed by atoms with Gasteiger partial charge >= 0.3 is 6.29 Å². The number of rotatable bonds is 2. The molecule has 0 bridgehead atoms. The summed E-state index contributed by atoms with van der Waals surface area (Å²) in [6, 6.07) is 3.20. The van der Waals surface area contributed by atoms with E-state index in [0.717, 1.165) is 24.3 Å². The number of alkyl halides is 2. The van der Waals surface area contributed by atoms with Gasteiger partial charge in [0.2, 0.25) is 0 Å². The minimum atomic E-state index is -4.42. The van der Waals surface area contributed by atoms with Crippen molar-refractivity contribution >= 4 is 16.1 Å². The Bertz CT molecular complexity index is 621. The number of para-hydroxylation sites is 1. The molecule has 0 N–H and O–H groups in total. The van der Waals surface area contributed by atoms with Crippen molar-refractivity contribution in [1.82, 2.24) is 0 Å². The highest BCUT2D eigenvalue weighted by molar-refractivity contribution is 7.90. The molecule has 1 aromatic rings. The van der Waals surface area contributed by atoms with Crippen LogP contribution in [0.25, 0.3) is 0 Å². The monoisotopic (exact) mass is 263 g/mol. The second-order valence-electron chi connectivity index (χ2n) is 2.91. The van der Waals surface area contributed by atoms with Crippen LogP contribution in [0.3, 0.4) is 0 Å². The molecule has 0 aliphatic carbocycles. The Morgan fingerprint density at radius 3 is 2.65 bits per heavy atom. The van der Waals surface area contributed by atoms with E-state index in [1.54, 1.807) is 0 Å². The summed E-state index contributed by atoms with van der Waals surface area (Å²) in [4.78, 5) is 9.25. The van der Waals surface area contributed by atoms with E-state index in [0.29, 0.717) is 0 Å². The second kappa shape index (κ2) is 3.51. The molecule has 1 aliphatic heterocycles. The summed E-state index contributed by atoms with van der Waals surface area (Å²) in [6.07, 6.45) is -3.12. The SMILES string of the molecule is O=C=NS(=O)(=O)c1cccc2c1OC(F)(F)O2. The molecule has 0 unspecified atom stereocenters. The van der Waals surface area contributed by atoms with Gasteiger partial charge in [0.25, 0.3) is 16.1 Å². The van der Waals surface area contributed by atoms with Gasteiger partial charge in [0.1, 0.15) is 4.90 Å². The lowest BCUT2D eigenvalue weighted by atomic mass is 10.3. The van der Waals surface area contributed by atoms with Crippen molar-refractivity contribution in [3.8, 4) is 11.5 Å². The van der Waals surface area contributed by atoms with Gasteiger partial charge in [-0.2, -0.15) is 8.42 Å². The fourth-order valence-electron chi connectivity index (χ4n) is 1.25. The molecule has 0 saturated heterocycles. The van der Waals surface area contributed by atoms with Gasteiger partial charge in [0.15, 0.2) is 11.5 Å². The molecule has 0 radical (unpaired) electrons. The van der Waals surface area contributed by atoms with Crippen molar-refractivity contribution in [3.05, 3.63) is 18.2 Å². The predicted molar refractivity (Wildman–Crippen MR) is 48.0 cm³/mol. The van der Waals surface area contributed by atoms with E-state index in [1.807, 2.05) is 0 Å². The molecule has 9 heteroatoms. The number of benzene rings is 1. The molecule has 0 aromatic heterocycles. The average molecular weight is 263 g/mol. The summed E-state index contributed by atoms with van der Waals surface area (Å²) in [5, 5.41) is 0. The Labute approximate surface area is 93.5 Å². The van der Waals surface area contributed by atoms with Crippen molar-refractivity contribution < 1.29 is 31.5 Å². The lowest BCUT2D eigenvalue weighted by Gasteiger charge is -2.05. The van der Waals surface area contributed by atoms with Crippen molar-refractivity contribution in [2.45, 2.75) is 11.2 Å². The maximum atomic E-state index is 12.7. The first-order valence-electron chi connectivity index (χ1n) is 4.09. The molecule has 0 atom stereocenters. The van der Waals surface area contributed by atoms with Gasteiger partial charge in [0, 0.05) is 0 Å². The lowest BCUT2D eigenvalue weighted by molar-refractivity contribution is -0.287. The minimum Gasteiger partial charge on any atom is -0.395 e. The Balaban J connectivity index is 2.62. The normalized spacial score (nSPS) is 16.4. The number of halogens is 2. The van der Waals surface area contributed by atoms with Crippen LogP contribution >= 0.6 is 0 Å². The summed E-state index contributed by atoms with van der Waals surface area (Å²) >= 11 is 0. The zero-order valence-corrected chi connectivity index (χ0v) is 8.70. The van der Waals surface area contributed by atoms with Gasteiger partial charge < -0.3 is 9.47 Å². The van der Waals surface area contributed by atoms with Gasteiger partial charge in [-0.3, -0.25) is 0 Å². The Kier molecular flexibility index (Phi) is 2.37. The number of nitrogens with zero attached hydrogens (tertiary/aromatic N) is 1. The Hall–Kier alpha value is -1.99. The molecule has 17 heavy (non-hydrogen) atoms.